The van der Waals surface area contributed by atoms with E-state index in [-0.39, 0.29) is 10.8 Å². The molecule has 2 rings (SSSR count). The van der Waals surface area contributed by atoms with Crippen LogP contribution in [-0.4, -0.2) is 41.7 Å². The van der Waals surface area contributed by atoms with Gasteiger partial charge in [0.25, 0.3) is 0 Å². The Morgan fingerprint density at radius 1 is 1.44 bits per heavy atom. The van der Waals surface area contributed by atoms with Crippen molar-refractivity contribution in [3.63, 3.8) is 0 Å². The molecule has 0 radical (unpaired) electrons. The summed E-state index contributed by atoms with van der Waals surface area (Å²) in [6, 6.07) is 0. The predicted octanol–water partition coefficient (Wildman–Crippen LogP) is 0.857. The number of rotatable bonds is 4. The number of ether oxygens (including phenoxy) is 1. The van der Waals surface area contributed by atoms with E-state index in [1.54, 1.807) is 4.57 Å². The molecule has 0 spiro atoms. The molecule has 0 aliphatic carbocycles. The second kappa shape index (κ2) is 6.15. The summed E-state index contributed by atoms with van der Waals surface area (Å²) in [6.45, 7) is 5.20. The lowest BCUT2D eigenvalue weighted by molar-refractivity contribution is -0.135. The smallest absolute Gasteiger partial charge is 0.307 e. The largest absolute Gasteiger partial charge is 0.378 e. The quantitative estimate of drug-likeness (QED) is 0.815. The van der Waals surface area contributed by atoms with Crippen molar-refractivity contribution in [1.82, 2.24) is 9.47 Å². The number of carbonyl (C=O) groups excluding carboxylic acids is 1. The van der Waals surface area contributed by atoms with E-state index in [2.05, 4.69) is 0 Å². The SMILES string of the molecule is Cc1csc(=O)n1CCCC(=O)N1CCOCC1. The van der Waals surface area contributed by atoms with E-state index in [1.165, 1.54) is 11.3 Å². The molecule has 1 aromatic rings. The number of aromatic nitrogens is 1. The van der Waals surface area contributed by atoms with Crippen molar-refractivity contribution < 1.29 is 9.53 Å². The second-order valence-electron chi connectivity index (χ2n) is 4.39. The molecule has 100 valence electrons. The van der Waals surface area contributed by atoms with Gasteiger partial charge in [0.05, 0.1) is 13.2 Å². The van der Waals surface area contributed by atoms with Crippen molar-refractivity contribution in [2.24, 2.45) is 0 Å². The van der Waals surface area contributed by atoms with Gasteiger partial charge in [-0.05, 0) is 13.3 Å². The van der Waals surface area contributed by atoms with Gasteiger partial charge in [-0.1, -0.05) is 11.3 Å². The Bertz CT molecular complexity index is 460. The van der Waals surface area contributed by atoms with Gasteiger partial charge in [-0.25, -0.2) is 0 Å². The maximum Gasteiger partial charge on any atom is 0.307 e. The zero-order chi connectivity index (χ0) is 13.0. The summed E-state index contributed by atoms with van der Waals surface area (Å²) in [5.41, 5.74) is 0.976. The summed E-state index contributed by atoms with van der Waals surface area (Å²) in [6.07, 6.45) is 1.22. The van der Waals surface area contributed by atoms with Crippen molar-refractivity contribution in [1.29, 1.82) is 0 Å². The van der Waals surface area contributed by atoms with E-state index in [1.807, 2.05) is 17.2 Å². The summed E-state index contributed by atoms with van der Waals surface area (Å²) < 4.78 is 6.94. The first-order chi connectivity index (χ1) is 8.68. The van der Waals surface area contributed by atoms with Gasteiger partial charge in [-0.2, -0.15) is 0 Å². The molecule has 1 saturated heterocycles. The zero-order valence-corrected chi connectivity index (χ0v) is 11.4. The van der Waals surface area contributed by atoms with E-state index in [9.17, 15) is 9.59 Å². The van der Waals surface area contributed by atoms with Gasteiger partial charge < -0.3 is 14.2 Å². The van der Waals surface area contributed by atoms with E-state index >= 15 is 0 Å². The Balaban J connectivity index is 1.78. The summed E-state index contributed by atoms with van der Waals surface area (Å²) in [7, 11) is 0. The highest BCUT2D eigenvalue weighted by molar-refractivity contribution is 7.07. The van der Waals surface area contributed by atoms with Crippen LogP contribution in [0.1, 0.15) is 18.5 Å². The molecule has 18 heavy (non-hydrogen) atoms. The Hall–Kier alpha value is -1.14. The molecule has 0 N–H and O–H groups in total. The lowest BCUT2D eigenvalue weighted by atomic mass is 10.2. The highest BCUT2D eigenvalue weighted by Crippen LogP contribution is 2.05. The fourth-order valence-corrected chi connectivity index (χ4v) is 2.79. The Labute approximate surface area is 110 Å². The van der Waals surface area contributed by atoms with Gasteiger partial charge in [0.15, 0.2) is 0 Å². The number of thiazole rings is 1. The average Bonchev–Trinajstić information content (AvgIpc) is 2.71. The molecule has 1 aliphatic rings. The predicted molar refractivity (Wildman–Crippen MR) is 69.9 cm³/mol. The van der Waals surface area contributed by atoms with Crippen molar-refractivity contribution in [3.05, 3.63) is 20.7 Å². The number of morpholine rings is 1. The maximum absolute atomic E-state index is 11.9. The van der Waals surface area contributed by atoms with Gasteiger partial charge in [-0.15, -0.1) is 0 Å². The molecule has 1 aliphatic heterocycles. The van der Waals surface area contributed by atoms with Crippen LogP contribution in [0.5, 0.6) is 0 Å². The van der Waals surface area contributed by atoms with Crippen LogP contribution in [0.2, 0.25) is 0 Å². The van der Waals surface area contributed by atoms with Gasteiger partial charge in [-0.3, -0.25) is 9.59 Å². The highest BCUT2D eigenvalue weighted by Gasteiger charge is 2.16. The third-order valence-electron chi connectivity index (χ3n) is 3.11. The van der Waals surface area contributed by atoms with Crippen LogP contribution in [0.25, 0.3) is 0 Å². The fourth-order valence-electron chi connectivity index (χ4n) is 2.03. The van der Waals surface area contributed by atoms with Crippen molar-refractivity contribution >= 4 is 17.2 Å². The highest BCUT2D eigenvalue weighted by atomic mass is 32.1. The van der Waals surface area contributed by atoms with Crippen LogP contribution in [0, 0.1) is 6.92 Å². The lowest BCUT2D eigenvalue weighted by Crippen LogP contribution is -2.40. The van der Waals surface area contributed by atoms with Crippen molar-refractivity contribution in [2.45, 2.75) is 26.3 Å². The number of hydrogen-bond acceptors (Lipinski definition) is 4. The molecular weight excluding hydrogens is 252 g/mol. The number of hydrogen-bond donors (Lipinski definition) is 0. The molecule has 0 saturated carbocycles. The van der Waals surface area contributed by atoms with Gasteiger partial charge >= 0.3 is 4.87 Å². The van der Waals surface area contributed by atoms with Crippen molar-refractivity contribution in [2.75, 3.05) is 26.3 Å². The van der Waals surface area contributed by atoms with E-state index in [0.717, 1.165) is 5.69 Å². The molecule has 0 atom stereocenters. The van der Waals surface area contributed by atoms with Crippen LogP contribution < -0.4 is 4.87 Å². The van der Waals surface area contributed by atoms with E-state index in [4.69, 9.17) is 4.74 Å². The van der Waals surface area contributed by atoms with Gasteiger partial charge in [0.1, 0.15) is 0 Å². The normalized spacial score (nSPS) is 15.9. The second-order valence-corrected chi connectivity index (χ2v) is 5.21. The molecule has 1 aromatic heterocycles. The van der Waals surface area contributed by atoms with E-state index in [0.29, 0.717) is 45.7 Å². The summed E-state index contributed by atoms with van der Waals surface area (Å²) >= 11 is 1.21. The van der Waals surface area contributed by atoms with E-state index < -0.39 is 0 Å². The topological polar surface area (TPSA) is 51.5 Å². The molecule has 2 heterocycles. The third-order valence-corrected chi connectivity index (χ3v) is 3.99. The minimum atomic E-state index is 0.0614. The lowest BCUT2D eigenvalue weighted by Gasteiger charge is -2.26. The van der Waals surface area contributed by atoms with Gasteiger partial charge in [0, 0.05) is 37.1 Å². The van der Waals surface area contributed by atoms with Crippen LogP contribution in [-0.2, 0) is 16.1 Å². The molecule has 0 unspecified atom stereocenters. The third kappa shape index (κ3) is 3.20. The monoisotopic (exact) mass is 270 g/mol. The summed E-state index contributed by atoms with van der Waals surface area (Å²) in [4.78, 5) is 25.3. The summed E-state index contributed by atoms with van der Waals surface area (Å²) in [5.74, 6) is 0.166. The minimum Gasteiger partial charge on any atom is -0.378 e. The molecule has 1 fully saturated rings. The zero-order valence-electron chi connectivity index (χ0n) is 10.6. The van der Waals surface area contributed by atoms with Crippen molar-refractivity contribution in [3.8, 4) is 0 Å². The van der Waals surface area contributed by atoms with Crippen LogP contribution >= 0.6 is 11.3 Å². The average molecular weight is 270 g/mol. The molecular formula is C12H18N2O3S. The molecule has 5 nitrogen and oxygen atoms in total. The number of aryl methyl sites for hydroxylation is 1. The number of nitrogens with zero attached hydrogens (tertiary/aromatic N) is 2. The maximum atomic E-state index is 11.9. The Kier molecular flexibility index (Phi) is 4.54. The standard InChI is InChI=1S/C12H18N2O3S/c1-10-9-18-12(16)14(10)4-2-3-11(15)13-5-7-17-8-6-13/h9H,2-8H2,1H3. The van der Waals surface area contributed by atoms with Crippen LogP contribution in [0.4, 0.5) is 0 Å². The number of carbonyl (C=O) groups is 1. The fraction of sp³-hybridized carbons (Fsp3) is 0.667. The first kappa shape index (κ1) is 13.3. The molecule has 0 bridgehead atoms. The summed E-state index contributed by atoms with van der Waals surface area (Å²) in [5, 5.41) is 1.85. The molecule has 1 amide bonds. The molecule has 0 aromatic carbocycles. The van der Waals surface area contributed by atoms with Crippen LogP contribution in [0.15, 0.2) is 10.2 Å². The first-order valence-corrected chi connectivity index (χ1v) is 7.07. The molecule has 6 heteroatoms. The van der Waals surface area contributed by atoms with Gasteiger partial charge in [0.2, 0.25) is 5.91 Å². The first-order valence-electron chi connectivity index (χ1n) is 6.19. The minimum absolute atomic E-state index is 0.0614. The Morgan fingerprint density at radius 2 is 2.17 bits per heavy atom. The number of amides is 1. The van der Waals surface area contributed by atoms with Crippen LogP contribution in [0.3, 0.4) is 0 Å². The Morgan fingerprint density at radius 3 is 2.78 bits per heavy atom.